The van der Waals surface area contributed by atoms with E-state index in [1.54, 1.807) is 6.07 Å². The summed E-state index contributed by atoms with van der Waals surface area (Å²) in [6.45, 7) is 9.85. The third-order valence-corrected chi connectivity index (χ3v) is 2.74. The zero-order valence-corrected chi connectivity index (χ0v) is 10.4. The molecular weight excluding hydrogens is 191 g/mol. The molecule has 2 nitrogen and oxygen atoms in total. The summed E-state index contributed by atoms with van der Waals surface area (Å²) in [5.74, 6) is 0. The predicted octanol–water partition coefficient (Wildman–Crippen LogP) is 3.14. The van der Waals surface area contributed by atoms with Crippen LogP contribution in [0.5, 0.6) is 0 Å². The molecule has 15 heavy (non-hydrogen) atoms. The lowest BCUT2D eigenvalue weighted by Gasteiger charge is -2.24. The maximum absolute atomic E-state index is 13.6. The van der Waals surface area contributed by atoms with Crippen molar-refractivity contribution in [1.29, 1.82) is 5.26 Å². The number of hydrogen-bond donors (Lipinski definition) is 0. The number of rotatable bonds is 1. The lowest BCUT2D eigenvalue weighted by molar-refractivity contribution is 0.191. The maximum Gasteiger partial charge on any atom is 0.197 e. The molecule has 0 bridgehead atoms. The summed E-state index contributed by atoms with van der Waals surface area (Å²) in [5, 5.41) is 8.66. The van der Waals surface area contributed by atoms with Gasteiger partial charge in [0, 0.05) is 19.0 Å². The van der Waals surface area contributed by atoms with Crippen molar-refractivity contribution in [3.05, 3.63) is 0 Å². The summed E-state index contributed by atoms with van der Waals surface area (Å²) in [6, 6.07) is 2.25. The normalized spacial score (nSPS) is 27.5. The number of nitrogens with zero attached hydrogens (tertiary/aromatic N) is 2. The highest BCUT2D eigenvalue weighted by Gasteiger charge is 2.32. The molecule has 0 spiro atoms. The van der Waals surface area contributed by atoms with Crippen molar-refractivity contribution in [1.82, 2.24) is 4.90 Å². The van der Waals surface area contributed by atoms with Gasteiger partial charge in [0.1, 0.15) is 6.07 Å². The highest BCUT2D eigenvalue weighted by Crippen LogP contribution is 2.26. The Morgan fingerprint density at radius 1 is 1.27 bits per heavy atom. The number of alkyl halides is 1. The minimum Gasteiger partial charge on any atom is -0.301 e. The highest BCUT2D eigenvalue weighted by molar-refractivity contribution is 5.02. The molecule has 0 N–H and O–H groups in total. The highest BCUT2D eigenvalue weighted by atomic mass is 19.1. The number of hydrogen-bond acceptors (Lipinski definition) is 2. The second kappa shape index (κ2) is 6.79. The molecule has 1 unspecified atom stereocenters. The zero-order valence-electron chi connectivity index (χ0n) is 10.4. The maximum atomic E-state index is 13.6. The molecule has 0 aliphatic carbocycles. The fourth-order valence-electron chi connectivity index (χ4n) is 1.75. The van der Waals surface area contributed by atoms with E-state index in [-0.39, 0.29) is 0 Å². The van der Waals surface area contributed by atoms with Gasteiger partial charge in [-0.05, 0) is 33.2 Å². The van der Waals surface area contributed by atoms with E-state index in [2.05, 4.69) is 18.7 Å². The number of nitriles is 1. The Bertz CT molecular complexity index is 210. The molecule has 0 aromatic heterocycles. The third kappa shape index (κ3) is 4.61. The molecule has 3 heteroatoms. The lowest BCUT2D eigenvalue weighted by Crippen LogP contribution is -2.32. The van der Waals surface area contributed by atoms with Crippen LogP contribution in [0, 0.1) is 11.3 Å². The van der Waals surface area contributed by atoms with Crippen LogP contribution in [-0.4, -0.2) is 29.7 Å². The fraction of sp³-hybridized carbons (Fsp3) is 0.917. The lowest BCUT2D eigenvalue weighted by atomic mass is 9.99. The van der Waals surface area contributed by atoms with Crippen molar-refractivity contribution in [2.45, 2.75) is 58.7 Å². The molecule has 1 atom stereocenters. The van der Waals surface area contributed by atoms with Gasteiger partial charge < -0.3 is 4.90 Å². The first-order chi connectivity index (χ1) is 7.07. The van der Waals surface area contributed by atoms with Crippen molar-refractivity contribution in [2.75, 3.05) is 13.1 Å². The summed E-state index contributed by atoms with van der Waals surface area (Å²) >= 11 is 0. The Hall–Kier alpha value is -0.620. The van der Waals surface area contributed by atoms with E-state index in [0.29, 0.717) is 25.4 Å². The smallest absolute Gasteiger partial charge is 0.197 e. The molecule has 0 aromatic carbocycles. The number of likely N-dealkylation sites (tertiary alicyclic amines) is 1. The monoisotopic (exact) mass is 214 g/mol. The van der Waals surface area contributed by atoms with Crippen LogP contribution in [0.2, 0.25) is 0 Å². The molecule has 1 saturated heterocycles. The first-order valence-electron chi connectivity index (χ1n) is 5.92. The largest absolute Gasteiger partial charge is 0.301 e. The molecule has 1 aliphatic heterocycles. The van der Waals surface area contributed by atoms with Crippen LogP contribution >= 0.6 is 0 Å². The van der Waals surface area contributed by atoms with Gasteiger partial charge in [-0.1, -0.05) is 13.8 Å². The van der Waals surface area contributed by atoms with Crippen molar-refractivity contribution in [3.8, 4) is 6.07 Å². The molecule has 0 amide bonds. The molecule has 88 valence electrons. The van der Waals surface area contributed by atoms with E-state index in [9.17, 15) is 4.39 Å². The predicted molar refractivity (Wildman–Crippen MR) is 61.4 cm³/mol. The topological polar surface area (TPSA) is 27.0 Å². The van der Waals surface area contributed by atoms with E-state index in [1.807, 2.05) is 13.8 Å². The van der Waals surface area contributed by atoms with Crippen LogP contribution in [0.15, 0.2) is 0 Å². The molecule has 1 fully saturated rings. The van der Waals surface area contributed by atoms with Crippen molar-refractivity contribution < 1.29 is 4.39 Å². The van der Waals surface area contributed by atoms with Crippen LogP contribution in [0.1, 0.15) is 47.0 Å². The van der Waals surface area contributed by atoms with Gasteiger partial charge in [0.2, 0.25) is 0 Å². The SMILES string of the molecule is CC.CC(C)N1CCCC(F)(C#N)CC1. The van der Waals surface area contributed by atoms with Crippen LogP contribution < -0.4 is 0 Å². The minimum absolute atomic E-state index is 0.363. The average molecular weight is 214 g/mol. The zero-order chi connectivity index (χ0) is 11.9. The van der Waals surface area contributed by atoms with E-state index in [1.165, 1.54) is 0 Å². The number of halogens is 1. The van der Waals surface area contributed by atoms with Gasteiger partial charge in [-0.3, -0.25) is 0 Å². The first-order valence-corrected chi connectivity index (χ1v) is 5.92. The molecule has 1 aliphatic rings. The van der Waals surface area contributed by atoms with Gasteiger partial charge in [0.05, 0.1) is 0 Å². The van der Waals surface area contributed by atoms with Crippen LogP contribution in [0.3, 0.4) is 0 Å². The van der Waals surface area contributed by atoms with Crippen molar-refractivity contribution in [2.24, 2.45) is 0 Å². The third-order valence-electron chi connectivity index (χ3n) is 2.74. The Kier molecular flexibility index (Phi) is 6.51. The van der Waals surface area contributed by atoms with Crippen LogP contribution in [0.25, 0.3) is 0 Å². The Labute approximate surface area is 93.1 Å². The molecule has 1 heterocycles. The summed E-state index contributed by atoms with van der Waals surface area (Å²) in [4.78, 5) is 2.23. The Balaban J connectivity index is 0.000000921. The van der Waals surface area contributed by atoms with Gasteiger partial charge in [-0.15, -0.1) is 0 Å². The second-order valence-corrected chi connectivity index (χ2v) is 4.06. The summed E-state index contributed by atoms with van der Waals surface area (Å²) < 4.78 is 13.6. The summed E-state index contributed by atoms with van der Waals surface area (Å²) in [7, 11) is 0. The van der Waals surface area contributed by atoms with Gasteiger partial charge >= 0.3 is 0 Å². The van der Waals surface area contributed by atoms with Gasteiger partial charge in [0.25, 0.3) is 0 Å². The molecular formula is C12H23FN2. The van der Waals surface area contributed by atoms with Crippen LogP contribution in [0.4, 0.5) is 4.39 Å². The van der Waals surface area contributed by atoms with Crippen molar-refractivity contribution >= 4 is 0 Å². The standard InChI is InChI=1S/C10H17FN2.C2H6/c1-9(2)13-6-3-4-10(11,8-12)5-7-13;1-2/h9H,3-7H2,1-2H3;1-2H3. The average Bonchev–Trinajstić information content (AvgIpc) is 2.44. The quantitative estimate of drug-likeness (QED) is 0.670. The first kappa shape index (κ1) is 14.4. The van der Waals surface area contributed by atoms with Crippen molar-refractivity contribution in [3.63, 3.8) is 0 Å². The van der Waals surface area contributed by atoms with E-state index < -0.39 is 5.67 Å². The summed E-state index contributed by atoms with van der Waals surface area (Å²) in [5.41, 5.74) is -1.57. The molecule has 0 radical (unpaired) electrons. The molecule has 0 saturated carbocycles. The van der Waals surface area contributed by atoms with Gasteiger partial charge in [0.15, 0.2) is 5.67 Å². The second-order valence-electron chi connectivity index (χ2n) is 4.06. The Morgan fingerprint density at radius 2 is 1.87 bits per heavy atom. The van der Waals surface area contributed by atoms with Gasteiger partial charge in [-0.2, -0.15) is 5.26 Å². The molecule has 1 rings (SSSR count). The fourth-order valence-corrected chi connectivity index (χ4v) is 1.75. The van der Waals surface area contributed by atoms with Gasteiger partial charge in [-0.25, -0.2) is 4.39 Å². The minimum atomic E-state index is -1.57. The van der Waals surface area contributed by atoms with E-state index >= 15 is 0 Å². The van der Waals surface area contributed by atoms with Crippen LogP contribution in [-0.2, 0) is 0 Å². The Morgan fingerprint density at radius 3 is 2.33 bits per heavy atom. The molecule has 0 aromatic rings. The summed E-state index contributed by atoms with van der Waals surface area (Å²) in [6.07, 6.45) is 1.55. The van der Waals surface area contributed by atoms with E-state index in [0.717, 1.165) is 13.0 Å². The van der Waals surface area contributed by atoms with E-state index in [4.69, 9.17) is 5.26 Å².